The molecule has 1 heterocycles. The molecule has 1 aromatic rings. The molecule has 0 radical (unpaired) electrons. The molecule has 0 saturated heterocycles. The smallest absolute Gasteiger partial charge is 0.385 e. The van der Waals surface area contributed by atoms with Crippen molar-refractivity contribution in [3.63, 3.8) is 0 Å². The first kappa shape index (κ1) is 11.3. The zero-order valence-electron chi connectivity index (χ0n) is 8.73. The summed E-state index contributed by atoms with van der Waals surface area (Å²) in [4.78, 5) is 0. The van der Waals surface area contributed by atoms with Gasteiger partial charge in [-0.25, -0.2) is 0 Å². The predicted molar refractivity (Wildman–Crippen MR) is 54.1 cm³/mol. The summed E-state index contributed by atoms with van der Waals surface area (Å²) in [5, 5.41) is 13.0. The van der Waals surface area contributed by atoms with E-state index in [1.807, 2.05) is 0 Å². The van der Waals surface area contributed by atoms with Crippen LogP contribution in [0.2, 0.25) is 0 Å². The van der Waals surface area contributed by atoms with Gasteiger partial charge in [-0.15, -0.1) is 0 Å². The number of anilines is 1. The standard InChI is InChI=1S/C11H12F3NO/c1-10(16)4-5-15-9-3-2-7(6-8(9)10)11(12,13)14/h2-3,6,15-16H,4-5H2,1H3. The first-order valence-corrected chi connectivity index (χ1v) is 4.99. The molecule has 0 spiro atoms. The Labute approximate surface area is 91.1 Å². The van der Waals surface area contributed by atoms with Gasteiger partial charge in [-0.3, -0.25) is 0 Å². The fourth-order valence-electron chi connectivity index (χ4n) is 1.90. The lowest BCUT2D eigenvalue weighted by molar-refractivity contribution is -0.137. The van der Waals surface area contributed by atoms with E-state index in [0.717, 1.165) is 12.1 Å². The minimum Gasteiger partial charge on any atom is -0.385 e. The summed E-state index contributed by atoms with van der Waals surface area (Å²) in [7, 11) is 0. The van der Waals surface area contributed by atoms with Crippen LogP contribution in [0.5, 0.6) is 0 Å². The van der Waals surface area contributed by atoms with Crippen molar-refractivity contribution in [3.05, 3.63) is 29.3 Å². The molecular weight excluding hydrogens is 219 g/mol. The van der Waals surface area contributed by atoms with E-state index in [-0.39, 0.29) is 0 Å². The molecule has 88 valence electrons. The summed E-state index contributed by atoms with van der Waals surface area (Å²) in [6.45, 7) is 2.10. The second-order valence-electron chi connectivity index (χ2n) is 4.21. The topological polar surface area (TPSA) is 32.3 Å². The van der Waals surface area contributed by atoms with Crippen LogP contribution in [-0.4, -0.2) is 11.7 Å². The molecule has 1 unspecified atom stereocenters. The van der Waals surface area contributed by atoms with Gasteiger partial charge in [0, 0.05) is 17.8 Å². The molecule has 0 bridgehead atoms. The summed E-state index contributed by atoms with van der Waals surface area (Å²) in [6.07, 6.45) is -3.97. The number of alkyl halides is 3. The number of halogens is 3. The highest BCUT2D eigenvalue weighted by atomic mass is 19.4. The molecule has 2 rings (SSSR count). The summed E-state index contributed by atoms with van der Waals surface area (Å²) in [5.74, 6) is 0. The molecular formula is C11H12F3NO. The Balaban J connectivity index is 2.52. The molecule has 0 fully saturated rings. The first-order chi connectivity index (χ1) is 7.31. The van der Waals surface area contributed by atoms with E-state index in [1.54, 1.807) is 0 Å². The number of rotatable bonds is 0. The minimum atomic E-state index is -4.37. The Hall–Kier alpha value is -1.23. The van der Waals surface area contributed by atoms with Crippen molar-refractivity contribution in [1.82, 2.24) is 0 Å². The third kappa shape index (κ3) is 1.87. The van der Waals surface area contributed by atoms with Crippen LogP contribution in [0.3, 0.4) is 0 Å². The predicted octanol–water partition coefficient (Wildman–Crippen LogP) is 2.73. The van der Waals surface area contributed by atoms with E-state index in [0.29, 0.717) is 24.2 Å². The van der Waals surface area contributed by atoms with E-state index in [2.05, 4.69) is 5.32 Å². The Morgan fingerprint density at radius 3 is 2.69 bits per heavy atom. The average molecular weight is 231 g/mol. The Bertz CT molecular complexity index is 412. The third-order valence-corrected chi connectivity index (χ3v) is 2.85. The Morgan fingerprint density at radius 1 is 1.38 bits per heavy atom. The van der Waals surface area contributed by atoms with Crippen molar-refractivity contribution in [2.24, 2.45) is 0 Å². The number of benzene rings is 1. The SMILES string of the molecule is CC1(O)CCNc2ccc(C(F)(F)F)cc21. The molecule has 0 aliphatic carbocycles. The lowest BCUT2D eigenvalue weighted by Gasteiger charge is -2.32. The van der Waals surface area contributed by atoms with Gasteiger partial charge in [-0.2, -0.15) is 13.2 Å². The molecule has 2 N–H and O–H groups in total. The van der Waals surface area contributed by atoms with Crippen molar-refractivity contribution in [3.8, 4) is 0 Å². The average Bonchev–Trinajstić information content (AvgIpc) is 2.15. The highest BCUT2D eigenvalue weighted by molar-refractivity contribution is 5.57. The van der Waals surface area contributed by atoms with Crippen molar-refractivity contribution >= 4 is 5.69 Å². The van der Waals surface area contributed by atoms with Crippen LogP contribution in [0.1, 0.15) is 24.5 Å². The molecule has 1 aromatic carbocycles. The molecule has 0 saturated carbocycles. The van der Waals surface area contributed by atoms with Crippen LogP contribution in [0.25, 0.3) is 0 Å². The van der Waals surface area contributed by atoms with Gasteiger partial charge in [0.15, 0.2) is 0 Å². The van der Waals surface area contributed by atoms with Crippen molar-refractivity contribution in [1.29, 1.82) is 0 Å². The number of nitrogens with one attached hydrogen (secondary N) is 1. The summed E-state index contributed by atoms with van der Waals surface area (Å²) in [5.41, 5.74) is -1.03. The van der Waals surface area contributed by atoms with Crippen LogP contribution in [0, 0.1) is 0 Å². The monoisotopic (exact) mass is 231 g/mol. The van der Waals surface area contributed by atoms with Crippen LogP contribution >= 0.6 is 0 Å². The second-order valence-corrected chi connectivity index (χ2v) is 4.21. The number of hydrogen-bond donors (Lipinski definition) is 2. The third-order valence-electron chi connectivity index (χ3n) is 2.85. The Kier molecular flexibility index (Phi) is 2.38. The number of fused-ring (bicyclic) bond motifs is 1. The van der Waals surface area contributed by atoms with E-state index >= 15 is 0 Å². The second kappa shape index (κ2) is 3.38. The molecule has 16 heavy (non-hydrogen) atoms. The maximum Gasteiger partial charge on any atom is 0.416 e. The van der Waals surface area contributed by atoms with Gasteiger partial charge >= 0.3 is 6.18 Å². The number of aliphatic hydroxyl groups is 1. The molecule has 1 aliphatic heterocycles. The van der Waals surface area contributed by atoms with Crippen molar-refractivity contribution in [2.75, 3.05) is 11.9 Å². The van der Waals surface area contributed by atoms with Crippen molar-refractivity contribution < 1.29 is 18.3 Å². The fourth-order valence-corrected chi connectivity index (χ4v) is 1.90. The Morgan fingerprint density at radius 2 is 2.06 bits per heavy atom. The van der Waals surface area contributed by atoms with Crippen molar-refractivity contribution in [2.45, 2.75) is 25.1 Å². The largest absolute Gasteiger partial charge is 0.416 e. The number of hydrogen-bond acceptors (Lipinski definition) is 2. The quantitative estimate of drug-likeness (QED) is 0.719. The van der Waals surface area contributed by atoms with Gasteiger partial charge in [0.05, 0.1) is 11.2 Å². The van der Waals surface area contributed by atoms with E-state index in [9.17, 15) is 18.3 Å². The van der Waals surface area contributed by atoms with Gasteiger partial charge in [-0.05, 0) is 31.5 Å². The van der Waals surface area contributed by atoms with Gasteiger partial charge in [-0.1, -0.05) is 0 Å². The summed E-state index contributed by atoms with van der Waals surface area (Å²) >= 11 is 0. The lowest BCUT2D eigenvalue weighted by Crippen LogP contribution is -2.31. The maximum absolute atomic E-state index is 12.5. The molecule has 2 nitrogen and oxygen atoms in total. The van der Waals surface area contributed by atoms with Crippen LogP contribution in [-0.2, 0) is 11.8 Å². The van der Waals surface area contributed by atoms with E-state index in [1.165, 1.54) is 13.0 Å². The van der Waals surface area contributed by atoms with Gasteiger partial charge in [0.1, 0.15) is 0 Å². The normalized spacial score (nSPS) is 24.8. The zero-order valence-corrected chi connectivity index (χ0v) is 8.73. The molecule has 1 atom stereocenters. The van der Waals surface area contributed by atoms with Crippen LogP contribution < -0.4 is 5.32 Å². The minimum absolute atomic E-state index is 0.313. The highest BCUT2D eigenvalue weighted by Gasteiger charge is 2.35. The highest BCUT2D eigenvalue weighted by Crippen LogP contribution is 2.39. The van der Waals surface area contributed by atoms with Gasteiger partial charge in [0.2, 0.25) is 0 Å². The summed E-state index contributed by atoms with van der Waals surface area (Å²) in [6, 6.07) is 3.40. The van der Waals surface area contributed by atoms with E-state index < -0.39 is 17.3 Å². The fraction of sp³-hybridized carbons (Fsp3) is 0.455. The van der Waals surface area contributed by atoms with Crippen LogP contribution in [0.15, 0.2) is 18.2 Å². The van der Waals surface area contributed by atoms with Gasteiger partial charge < -0.3 is 10.4 Å². The zero-order chi connectivity index (χ0) is 12.0. The molecule has 5 heteroatoms. The first-order valence-electron chi connectivity index (χ1n) is 4.99. The molecule has 0 aromatic heterocycles. The lowest BCUT2D eigenvalue weighted by atomic mass is 9.87. The summed E-state index contributed by atoms with van der Waals surface area (Å²) < 4.78 is 37.5. The van der Waals surface area contributed by atoms with Gasteiger partial charge in [0.25, 0.3) is 0 Å². The molecule has 1 aliphatic rings. The maximum atomic E-state index is 12.5. The van der Waals surface area contributed by atoms with Crippen LogP contribution in [0.4, 0.5) is 18.9 Å². The molecule has 0 amide bonds. The van der Waals surface area contributed by atoms with E-state index in [4.69, 9.17) is 0 Å².